The molecule has 45 heavy (non-hydrogen) atoms. The molecule has 1 amide bonds. The van der Waals surface area contributed by atoms with Gasteiger partial charge in [-0.1, -0.05) is 55.3 Å². The van der Waals surface area contributed by atoms with E-state index < -0.39 is 36.7 Å². The Kier molecular flexibility index (Phi) is 14.3. The fourth-order valence-electron chi connectivity index (χ4n) is 5.25. The van der Waals surface area contributed by atoms with Crippen LogP contribution in [-0.2, 0) is 36.7 Å². The van der Waals surface area contributed by atoms with E-state index >= 15 is 0 Å². The van der Waals surface area contributed by atoms with E-state index in [1.165, 1.54) is 27.2 Å². The van der Waals surface area contributed by atoms with Gasteiger partial charge in [0.25, 0.3) is 5.91 Å². The van der Waals surface area contributed by atoms with Crippen molar-refractivity contribution in [3.63, 3.8) is 0 Å². The van der Waals surface area contributed by atoms with Crippen LogP contribution in [0, 0.1) is 13.8 Å². The Morgan fingerprint density at radius 2 is 1.38 bits per heavy atom. The number of methoxy groups -OCH3 is 1. The molecule has 2 atom stereocenters. The van der Waals surface area contributed by atoms with Crippen molar-refractivity contribution in [3.05, 3.63) is 76.9 Å². The quantitative estimate of drug-likeness (QED) is 0.148. The molecule has 9 heteroatoms. The highest BCUT2D eigenvalue weighted by atomic mass is 16.6. The number of unbranched alkanes of at least 4 members (excludes halogenated alkanes) is 4. The van der Waals surface area contributed by atoms with Gasteiger partial charge in [-0.3, -0.25) is 4.79 Å². The number of benzene rings is 3. The van der Waals surface area contributed by atoms with E-state index in [2.05, 4.69) is 50.2 Å². The molecule has 0 heterocycles. The highest BCUT2D eigenvalue weighted by Gasteiger charge is 2.37. The molecule has 0 radical (unpaired) electrons. The van der Waals surface area contributed by atoms with Crippen LogP contribution in [-0.4, -0.2) is 79.1 Å². The molecule has 9 nitrogen and oxygen atoms in total. The van der Waals surface area contributed by atoms with Gasteiger partial charge >= 0.3 is 11.9 Å². The number of rotatable bonds is 20. The van der Waals surface area contributed by atoms with Crippen LogP contribution < -0.4 is 4.74 Å². The second kappa shape index (κ2) is 18.1. The van der Waals surface area contributed by atoms with Crippen molar-refractivity contribution in [2.45, 2.75) is 77.4 Å². The number of ether oxygens (including phenoxy) is 3. The number of hydrogen-bond donors (Lipinski definition) is 2. The average molecular weight is 622 g/mol. The zero-order valence-corrected chi connectivity index (χ0v) is 26.9. The Hall–Kier alpha value is -3.95. The number of aliphatic carboxylic acids is 2. The molecule has 0 aliphatic carbocycles. The Bertz CT molecular complexity index is 1420. The molecule has 244 valence electrons. The Balaban J connectivity index is 1.48. The normalized spacial score (nSPS) is 12.5. The number of hydrogen-bond acceptors (Lipinski definition) is 6. The largest absolute Gasteiger partial charge is 0.497 e. The lowest BCUT2D eigenvalue weighted by Gasteiger charge is -2.27. The standard InChI is InChI=1S/C36H47NO8/c1-25-13-14-27(21-26(25)2)11-8-6-10-20-44-33(34(36(41)42)45-24-32(38)39)35(40)37(3)19-9-5-7-12-28-15-16-30-23-31(43-4)18-17-29(30)22-28/h13-18,21-23,33-34H,5-12,19-20,24H2,1-4H3,(H,38,39)(H,41,42)/t33-,34-/m1/s1. The molecule has 0 bridgehead atoms. The van der Waals surface area contributed by atoms with Crippen LogP contribution in [0.2, 0.25) is 0 Å². The first-order chi connectivity index (χ1) is 21.6. The molecular weight excluding hydrogens is 574 g/mol. The molecule has 3 rings (SSSR count). The van der Waals surface area contributed by atoms with Crippen LogP contribution in [0.25, 0.3) is 10.8 Å². The number of carbonyl (C=O) groups is 3. The van der Waals surface area contributed by atoms with Crippen LogP contribution >= 0.6 is 0 Å². The minimum absolute atomic E-state index is 0.163. The minimum Gasteiger partial charge on any atom is -0.497 e. The number of carboxylic acids is 2. The van der Waals surface area contributed by atoms with E-state index in [1.807, 2.05) is 18.2 Å². The van der Waals surface area contributed by atoms with E-state index in [9.17, 15) is 19.5 Å². The second-order valence-corrected chi connectivity index (χ2v) is 11.6. The first-order valence-corrected chi connectivity index (χ1v) is 15.6. The summed E-state index contributed by atoms with van der Waals surface area (Å²) in [6, 6.07) is 18.8. The molecule has 3 aromatic carbocycles. The molecule has 0 saturated carbocycles. The average Bonchev–Trinajstić information content (AvgIpc) is 3.02. The van der Waals surface area contributed by atoms with Crippen LogP contribution in [0.5, 0.6) is 5.75 Å². The summed E-state index contributed by atoms with van der Waals surface area (Å²) in [5, 5.41) is 21.1. The van der Waals surface area contributed by atoms with Crippen molar-refractivity contribution >= 4 is 28.6 Å². The summed E-state index contributed by atoms with van der Waals surface area (Å²) in [4.78, 5) is 37.9. The summed E-state index contributed by atoms with van der Waals surface area (Å²) in [5.74, 6) is -2.47. The molecule has 0 spiro atoms. The smallest absolute Gasteiger partial charge is 0.336 e. The highest BCUT2D eigenvalue weighted by molar-refractivity contribution is 5.88. The molecule has 3 aromatic rings. The van der Waals surface area contributed by atoms with Crippen molar-refractivity contribution in [3.8, 4) is 5.75 Å². The lowest BCUT2D eigenvalue weighted by Crippen LogP contribution is -2.50. The lowest BCUT2D eigenvalue weighted by atomic mass is 10.0. The second-order valence-electron chi connectivity index (χ2n) is 11.6. The maximum Gasteiger partial charge on any atom is 0.336 e. The Labute approximate surface area is 266 Å². The highest BCUT2D eigenvalue weighted by Crippen LogP contribution is 2.23. The van der Waals surface area contributed by atoms with Crippen LogP contribution in [0.15, 0.2) is 54.6 Å². The molecule has 2 N–H and O–H groups in total. The maximum atomic E-state index is 13.4. The van der Waals surface area contributed by atoms with Gasteiger partial charge in [0.15, 0.2) is 12.2 Å². The van der Waals surface area contributed by atoms with E-state index in [-0.39, 0.29) is 6.61 Å². The van der Waals surface area contributed by atoms with Crippen molar-refractivity contribution in [2.75, 3.05) is 33.9 Å². The lowest BCUT2D eigenvalue weighted by molar-refractivity contribution is -0.175. The summed E-state index contributed by atoms with van der Waals surface area (Å²) in [5.41, 5.74) is 5.02. The van der Waals surface area contributed by atoms with Gasteiger partial charge in [-0.2, -0.15) is 0 Å². The maximum absolute atomic E-state index is 13.4. The number of nitrogens with zero attached hydrogens (tertiary/aromatic N) is 1. The van der Waals surface area contributed by atoms with E-state index in [0.717, 1.165) is 61.5 Å². The Morgan fingerprint density at radius 3 is 2.04 bits per heavy atom. The summed E-state index contributed by atoms with van der Waals surface area (Å²) in [6.07, 6.45) is 3.59. The fraction of sp³-hybridized carbons (Fsp3) is 0.472. The van der Waals surface area contributed by atoms with Crippen LogP contribution in [0.1, 0.15) is 60.8 Å². The third-order valence-electron chi connectivity index (χ3n) is 8.07. The van der Waals surface area contributed by atoms with Crippen molar-refractivity contribution in [2.24, 2.45) is 0 Å². The monoisotopic (exact) mass is 621 g/mol. The number of carboxylic acid groups (broad SMARTS) is 2. The zero-order chi connectivity index (χ0) is 32.8. The van der Waals surface area contributed by atoms with E-state index in [1.54, 1.807) is 14.2 Å². The third kappa shape index (κ3) is 11.5. The number of likely N-dealkylation sites (N-methyl/N-ethyl adjacent to an activating group) is 1. The van der Waals surface area contributed by atoms with Gasteiger partial charge in [-0.15, -0.1) is 0 Å². The summed E-state index contributed by atoms with van der Waals surface area (Å²) in [7, 11) is 3.26. The van der Waals surface area contributed by atoms with E-state index in [0.29, 0.717) is 13.0 Å². The Morgan fingerprint density at radius 1 is 0.733 bits per heavy atom. The first-order valence-electron chi connectivity index (χ1n) is 15.6. The van der Waals surface area contributed by atoms with Crippen molar-refractivity contribution in [1.29, 1.82) is 0 Å². The van der Waals surface area contributed by atoms with Gasteiger partial charge in [0.05, 0.1) is 7.11 Å². The van der Waals surface area contributed by atoms with Gasteiger partial charge in [-0.05, 0) is 97.5 Å². The number of amides is 1. The SMILES string of the molecule is COc1ccc2cc(CCCCCN(C)C(=O)[C@H](OCCCCCc3ccc(C)c(C)c3)[C@@H](OCC(=O)O)C(=O)O)ccc2c1. The van der Waals surface area contributed by atoms with Crippen LogP contribution in [0.3, 0.4) is 0 Å². The molecule has 0 saturated heterocycles. The fourth-order valence-corrected chi connectivity index (χ4v) is 5.25. The third-order valence-corrected chi connectivity index (χ3v) is 8.07. The molecular formula is C36H47NO8. The van der Waals surface area contributed by atoms with Gasteiger partial charge in [0, 0.05) is 20.2 Å². The number of carbonyl (C=O) groups excluding carboxylic acids is 1. The number of aryl methyl sites for hydroxylation is 4. The zero-order valence-electron chi connectivity index (χ0n) is 26.9. The molecule has 0 aromatic heterocycles. The topological polar surface area (TPSA) is 123 Å². The van der Waals surface area contributed by atoms with Crippen molar-refractivity contribution < 1.29 is 38.8 Å². The minimum atomic E-state index is -1.72. The predicted octanol–water partition coefficient (Wildman–Crippen LogP) is 5.99. The van der Waals surface area contributed by atoms with Crippen molar-refractivity contribution in [1.82, 2.24) is 4.90 Å². The molecule has 0 fully saturated rings. The van der Waals surface area contributed by atoms with Gasteiger partial charge < -0.3 is 29.3 Å². The summed E-state index contributed by atoms with van der Waals surface area (Å²) in [6.45, 7) is 3.91. The molecule has 0 aliphatic rings. The number of fused-ring (bicyclic) bond motifs is 1. The van der Waals surface area contributed by atoms with E-state index in [4.69, 9.17) is 19.3 Å². The molecule has 0 aliphatic heterocycles. The van der Waals surface area contributed by atoms with Gasteiger partial charge in [0.2, 0.25) is 0 Å². The first kappa shape index (κ1) is 35.5. The van der Waals surface area contributed by atoms with Crippen LogP contribution in [0.4, 0.5) is 0 Å². The molecule has 0 unspecified atom stereocenters. The summed E-state index contributed by atoms with van der Waals surface area (Å²) >= 11 is 0. The predicted molar refractivity (Wildman–Crippen MR) is 174 cm³/mol. The van der Waals surface area contributed by atoms with Gasteiger partial charge in [0.1, 0.15) is 12.4 Å². The van der Waals surface area contributed by atoms with Gasteiger partial charge in [-0.25, -0.2) is 9.59 Å². The summed E-state index contributed by atoms with van der Waals surface area (Å²) < 4.78 is 16.2.